The van der Waals surface area contributed by atoms with Gasteiger partial charge < -0.3 is 10.1 Å². The standard InChI is InChI=1S/C13H14ClN3O/c1-9(14)10-5-3-4-6-11(10)16-12-7-15-8-13(17-12)18-2/h3-9H,1-2H3,(H,16,17). The molecule has 0 amide bonds. The van der Waals surface area contributed by atoms with Crippen molar-refractivity contribution in [3.8, 4) is 5.88 Å². The lowest BCUT2D eigenvalue weighted by atomic mass is 10.1. The zero-order valence-electron chi connectivity index (χ0n) is 10.2. The summed E-state index contributed by atoms with van der Waals surface area (Å²) in [5, 5.41) is 3.11. The largest absolute Gasteiger partial charge is 0.480 e. The van der Waals surface area contributed by atoms with Crippen molar-refractivity contribution in [1.29, 1.82) is 0 Å². The molecule has 0 aliphatic heterocycles. The van der Waals surface area contributed by atoms with E-state index in [4.69, 9.17) is 16.3 Å². The fourth-order valence-electron chi connectivity index (χ4n) is 1.60. The van der Waals surface area contributed by atoms with Crippen LogP contribution in [0.1, 0.15) is 17.9 Å². The summed E-state index contributed by atoms with van der Waals surface area (Å²) in [4.78, 5) is 8.29. The molecular weight excluding hydrogens is 250 g/mol. The molecule has 0 fully saturated rings. The van der Waals surface area contributed by atoms with Crippen molar-refractivity contribution in [3.05, 3.63) is 42.2 Å². The summed E-state index contributed by atoms with van der Waals surface area (Å²) in [6.45, 7) is 1.93. The third kappa shape index (κ3) is 2.90. The number of hydrogen-bond acceptors (Lipinski definition) is 4. The van der Waals surface area contributed by atoms with Crippen molar-refractivity contribution in [1.82, 2.24) is 9.97 Å². The molecule has 18 heavy (non-hydrogen) atoms. The molecule has 2 rings (SSSR count). The second-order valence-electron chi connectivity index (χ2n) is 3.77. The molecule has 2 aromatic rings. The van der Waals surface area contributed by atoms with Gasteiger partial charge in [0.25, 0.3) is 0 Å². The highest BCUT2D eigenvalue weighted by atomic mass is 35.5. The van der Waals surface area contributed by atoms with Gasteiger partial charge in [0.05, 0.1) is 24.9 Å². The number of rotatable bonds is 4. The van der Waals surface area contributed by atoms with Crippen LogP contribution >= 0.6 is 11.6 Å². The smallest absolute Gasteiger partial charge is 0.233 e. The summed E-state index contributed by atoms with van der Waals surface area (Å²) in [5.41, 5.74) is 1.94. The van der Waals surface area contributed by atoms with E-state index in [1.807, 2.05) is 31.2 Å². The molecule has 94 valence electrons. The van der Waals surface area contributed by atoms with Gasteiger partial charge in [-0.1, -0.05) is 18.2 Å². The maximum absolute atomic E-state index is 6.13. The first-order valence-corrected chi connectivity index (χ1v) is 6.00. The highest BCUT2D eigenvalue weighted by molar-refractivity contribution is 6.21. The van der Waals surface area contributed by atoms with Gasteiger partial charge in [-0.25, -0.2) is 0 Å². The lowest BCUT2D eigenvalue weighted by molar-refractivity contribution is 0.396. The van der Waals surface area contributed by atoms with Crippen LogP contribution in [0.25, 0.3) is 0 Å². The van der Waals surface area contributed by atoms with E-state index >= 15 is 0 Å². The summed E-state index contributed by atoms with van der Waals surface area (Å²) >= 11 is 6.13. The Bertz CT molecular complexity index is 531. The average molecular weight is 264 g/mol. The van der Waals surface area contributed by atoms with E-state index in [-0.39, 0.29) is 5.38 Å². The van der Waals surface area contributed by atoms with Crippen molar-refractivity contribution in [2.75, 3.05) is 12.4 Å². The number of benzene rings is 1. The molecule has 0 aliphatic rings. The van der Waals surface area contributed by atoms with Crippen LogP contribution in [0.2, 0.25) is 0 Å². The van der Waals surface area contributed by atoms with E-state index in [2.05, 4.69) is 15.3 Å². The van der Waals surface area contributed by atoms with Crippen molar-refractivity contribution in [3.63, 3.8) is 0 Å². The third-order valence-corrected chi connectivity index (χ3v) is 2.71. The Balaban J connectivity index is 2.28. The van der Waals surface area contributed by atoms with Crippen molar-refractivity contribution < 1.29 is 4.74 Å². The molecule has 0 bridgehead atoms. The number of methoxy groups -OCH3 is 1. The van der Waals surface area contributed by atoms with Gasteiger partial charge in [0.2, 0.25) is 5.88 Å². The number of halogens is 1. The van der Waals surface area contributed by atoms with Crippen LogP contribution in [-0.4, -0.2) is 17.1 Å². The number of hydrogen-bond donors (Lipinski definition) is 1. The molecular formula is C13H14ClN3O. The first kappa shape index (κ1) is 12.6. The maximum atomic E-state index is 6.13. The van der Waals surface area contributed by atoms with E-state index in [1.54, 1.807) is 19.5 Å². The molecule has 0 saturated heterocycles. The highest BCUT2D eigenvalue weighted by Gasteiger charge is 2.08. The van der Waals surface area contributed by atoms with Crippen LogP contribution in [0.4, 0.5) is 11.5 Å². The lowest BCUT2D eigenvalue weighted by Gasteiger charge is -2.12. The Hall–Kier alpha value is -1.81. The van der Waals surface area contributed by atoms with Gasteiger partial charge in [-0.3, -0.25) is 4.98 Å². The van der Waals surface area contributed by atoms with Crippen LogP contribution in [0.5, 0.6) is 5.88 Å². The van der Waals surface area contributed by atoms with Crippen LogP contribution in [0.15, 0.2) is 36.7 Å². The molecule has 1 aromatic heterocycles. The number of anilines is 2. The topological polar surface area (TPSA) is 47.0 Å². The fourth-order valence-corrected chi connectivity index (χ4v) is 1.79. The summed E-state index contributed by atoms with van der Waals surface area (Å²) < 4.78 is 5.03. The van der Waals surface area contributed by atoms with Gasteiger partial charge in [-0.15, -0.1) is 11.6 Å². The third-order valence-electron chi connectivity index (χ3n) is 2.47. The molecule has 4 nitrogen and oxygen atoms in total. The summed E-state index contributed by atoms with van der Waals surface area (Å²) in [6.07, 6.45) is 3.19. The van der Waals surface area contributed by atoms with Crippen LogP contribution in [-0.2, 0) is 0 Å². The Morgan fingerprint density at radius 2 is 2.06 bits per heavy atom. The number of nitrogens with zero attached hydrogens (tertiary/aromatic N) is 2. The summed E-state index contributed by atoms with van der Waals surface area (Å²) in [5.74, 6) is 1.09. The maximum Gasteiger partial charge on any atom is 0.233 e. The van der Waals surface area contributed by atoms with Gasteiger partial charge in [-0.2, -0.15) is 4.98 Å². The van der Waals surface area contributed by atoms with Crippen molar-refractivity contribution >= 4 is 23.1 Å². The van der Waals surface area contributed by atoms with Gasteiger partial charge in [0.15, 0.2) is 5.82 Å². The number of para-hydroxylation sites is 1. The molecule has 0 spiro atoms. The molecule has 1 unspecified atom stereocenters. The molecule has 1 heterocycles. The van der Waals surface area contributed by atoms with E-state index in [0.29, 0.717) is 11.7 Å². The molecule has 5 heteroatoms. The summed E-state index contributed by atoms with van der Waals surface area (Å²) in [7, 11) is 1.56. The normalized spacial score (nSPS) is 11.9. The minimum Gasteiger partial charge on any atom is -0.480 e. The zero-order valence-corrected chi connectivity index (χ0v) is 11.0. The predicted octanol–water partition coefficient (Wildman–Crippen LogP) is 3.53. The van der Waals surface area contributed by atoms with E-state index in [9.17, 15) is 0 Å². The van der Waals surface area contributed by atoms with Gasteiger partial charge >= 0.3 is 0 Å². The predicted molar refractivity (Wildman–Crippen MR) is 72.6 cm³/mol. The molecule has 0 saturated carbocycles. The highest BCUT2D eigenvalue weighted by Crippen LogP contribution is 2.28. The minimum atomic E-state index is -0.0766. The van der Waals surface area contributed by atoms with Gasteiger partial charge in [0, 0.05) is 5.69 Å². The Kier molecular flexibility index (Phi) is 3.99. The average Bonchev–Trinajstić information content (AvgIpc) is 2.39. The van der Waals surface area contributed by atoms with Crippen molar-refractivity contribution in [2.24, 2.45) is 0 Å². The second-order valence-corrected chi connectivity index (χ2v) is 4.43. The van der Waals surface area contributed by atoms with E-state index < -0.39 is 0 Å². The van der Waals surface area contributed by atoms with Gasteiger partial charge in [-0.05, 0) is 18.6 Å². The van der Waals surface area contributed by atoms with Crippen molar-refractivity contribution in [2.45, 2.75) is 12.3 Å². The first-order chi connectivity index (χ1) is 8.70. The first-order valence-electron chi connectivity index (χ1n) is 5.56. The van der Waals surface area contributed by atoms with Crippen LogP contribution in [0.3, 0.4) is 0 Å². The number of alkyl halides is 1. The monoisotopic (exact) mass is 263 g/mol. The Morgan fingerprint density at radius 1 is 1.28 bits per heavy atom. The number of ether oxygens (including phenoxy) is 1. The van der Waals surface area contributed by atoms with Gasteiger partial charge in [0.1, 0.15) is 0 Å². The quantitative estimate of drug-likeness (QED) is 0.858. The molecule has 1 aromatic carbocycles. The molecule has 1 atom stereocenters. The van der Waals surface area contributed by atoms with E-state index in [0.717, 1.165) is 11.3 Å². The number of nitrogens with one attached hydrogen (secondary N) is 1. The Morgan fingerprint density at radius 3 is 2.78 bits per heavy atom. The molecule has 0 radical (unpaired) electrons. The lowest BCUT2D eigenvalue weighted by Crippen LogP contribution is -2.00. The van der Waals surface area contributed by atoms with E-state index in [1.165, 1.54) is 0 Å². The van der Waals surface area contributed by atoms with Crippen LogP contribution < -0.4 is 10.1 Å². The van der Waals surface area contributed by atoms with Crippen LogP contribution in [0, 0.1) is 0 Å². The number of aromatic nitrogens is 2. The fraction of sp³-hybridized carbons (Fsp3) is 0.231. The molecule has 1 N–H and O–H groups in total. The molecule has 0 aliphatic carbocycles. The minimum absolute atomic E-state index is 0.0766. The summed E-state index contributed by atoms with van der Waals surface area (Å²) in [6, 6.07) is 7.83. The Labute approximate surface area is 111 Å². The second kappa shape index (κ2) is 5.69. The SMILES string of the molecule is COc1cncc(Nc2ccccc2C(C)Cl)n1. The zero-order chi connectivity index (χ0) is 13.0.